The summed E-state index contributed by atoms with van der Waals surface area (Å²) in [5.41, 5.74) is 3.46. The molecule has 0 saturated carbocycles. The fraction of sp³-hybridized carbons (Fsp3) is 0.533. The highest BCUT2D eigenvalue weighted by molar-refractivity contribution is 5.78. The number of carbonyl (C=O) groups is 1. The molecule has 1 rings (SSSR count). The predicted octanol–water partition coefficient (Wildman–Crippen LogP) is 1.20. The number of nitrogens with one attached hydrogen (secondary N) is 2. The van der Waals surface area contributed by atoms with Crippen LogP contribution in [-0.2, 0) is 16.0 Å². The Morgan fingerprint density at radius 1 is 1.21 bits per heavy atom. The third kappa shape index (κ3) is 6.36. The SMILES string of the molecule is COCCNCCNC(=O)Cc1cc(C)ccc1C. The van der Waals surface area contributed by atoms with Crippen LogP contribution < -0.4 is 10.6 Å². The van der Waals surface area contributed by atoms with Crippen molar-refractivity contribution in [3.05, 3.63) is 34.9 Å². The largest absolute Gasteiger partial charge is 0.383 e. The molecule has 0 heterocycles. The Hall–Kier alpha value is -1.39. The highest BCUT2D eigenvalue weighted by Gasteiger charge is 2.05. The first-order valence-corrected chi connectivity index (χ1v) is 6.66. The maximum Gasteiger partial charge on any atom is 0.224 e. The summed E-state index contributed by atoms with van der Waals surface area (Å²) in [7, 11) is 1.67. The number of hydrogen-bond acceptors (Lipinski definition) is 3. The van der Waals surface area contributed by atoms with Gasteiger partial charge >= 0.3 is 0 Å². The monoisotopic (exact) mass is 264 g/mol. The molecule has 0 spiro atoms. The second-order valence-corrected chi connectivity index (χ2v) is 4.70. The Bertz CT molecular complexity index is 405. The lowest BCUT2D eigenvalue weighted by Gasteiger charge is -2.09. The number of amides is 1. The van der Waals surface area contributed by atoms with Gasteiger partial charge in [-0.1, -0.05) is 23.8 Å². The van der Waals surface area contributed by atoms with Gasteiger partial charge < -0.3 is 15.4 Å². The van der Waals surface area contributed by atoms with Crippen LogP contribution in [0.4, 0.5) is 0 Å². The Kier molecular flexibility index (Phi) is 7.15. The fourth-order valence-electron chi connectivity index (χ4n) is 1.82. The summed E-state index contributed by atoms with van der Waals surface area (Å²) in [4.78, 5) is 11.8. The molecule has 0 fully saturated rings. The topological polar surface area (TPSA) is 50.4 Å². The van der Waals surface area contributed by atoms with Gasteiger partial charge in [0.05, 0.1) is 13.0 Å². The maximum atomic E-state index is 11.8. The molecule has 4 nitrogen and oxygen atoms in total. The van der Waals surface area contributed by atoms with E-state index in [2.05, 4.69) is 28.8 Å². The Morgan fingerprint density at radius 3 is 2.74 bits per heavy atom. The first kappa shape index (κ1) is 15.7. The van der Waals surface area contributed by atoms with Gasteiger partial charge in [-0.25, -0.2) is 0 Å². The van der Waals surface area contributed by atoms with Crippen LogP contribution in [0.25, 0.3) is 0 Å². The quantitative estimate of drug-likeness (QED) is 0.694. The van der Waals surface area contributed by atoms with Crippen LogP contribution >= 0.6 is 0 Å². The molecular weight excluding hydrogens is 240 g/mol. The zero-order chi connectivity index (χ0) is 14.1. The van der Waals surface area contributed by atoms with E-state index < -0.39 is 0 Å². The third-order valence-corrected chi connectivity index (χ3v) is 2.96. The molecule has 106 valence electrons. The number of rotatable bonds is 8. The summed E-state index contributed by atoms with van der Waals surface area (Å²) < 4.78 is 4.92. The molecule has 4 heteroatoms. The van der Waals surface area contributed by atoms with E-state index in [1.54, 1.807) is 7.11 Å². The van der Waals surface area contributed by atoms with Crippen molar-refractivity contribution >= 4 is 5.91 Å². The van der Waals surface area contributed by atoms with Crippen LogP contribution in [0.1, 0.15) is 16.7 Å². The van der Waals surface area contributed by atoms with Crippen LogP contribution in [0.15, 0.2) is 18.2 Å². The first-order chi connectivity index (χ1) is 9.13. The number of ether oxygens (including phenoxy) is 1. The van der Waals surface area contributed by atoms with Gasteiger partial charge in [-0.3, -0.25) is 4.79 Å². The number of hydrogen-bond donors (Lipinski definition) is 2. The van der Waals surface area contributed by atoms with Crippen molar-refractivity contribution in [1.29, 1.82) is 0 Å². The average molecular weight is 264 g/mol. The van der Waals surface area contributed by atoms with E-state index in [0.717, 1.165) is 18.7 Å². The molecule has 1 aromatic carbocycles. The molecule has 0 radical (unpaired) electrons. The second kappa shape index (κ2) is 8.67. The molecule has 0 aliphatic carbocycles. The van der Waals surface area contributed by atoms with Crippen LogP contribution in [0.5, 0.6) is 0 Å². The van der Waals surface area contributed by atoms with Crippen molar-refractivity contribution in [2.45, 2.75) is 20.3 Å². The number of aryl methyl sites for hydroxylation is 2. The standard InChI is InChI=1S/C15H24N2O2/c1-12-4-5-13(2)14(10-12)11-15(18)17-7-6-16-8-9-19-3/h4-5,10,16H,6-9,11H2,1-3H3,(H,17,18). The Labute approximate surface area is 115 Å². The molecule has 0 aliphatic rings. The maximum absolute atomic E-state index is 11.8. The van der Waals surface area contributed by atoms with Gasteiger partial charge in [-0.2, -0.15) is 0 Å². The van der Waals surface area contributed by atoms with Gasteiger partial charge in [0.2, 0.25) is 5.91 Å². The van der Waals surface area contributed by atoms with Crippen molar-refractivity contribution in [3.63, 3.8) is 0 Å². The van der Waals surface area contributed by atoms with Gasteiger partial charge in [0.15, 0.2) is 0 Å². The summed E-state index contributed by atoms with van der Waals surface area (Å²) in [6.07, 6.45) is 0.450. The molecular formula is C15H24N2O2. The van der Waals surface area contributed by atoms with E-state index in [4.69, 9.17) is 4.74 Å². The van der Waals surface area contributed by atoms with Crippen molar-refractivity contribution in [3.8, 4) is 0 Å². The van der Waals surface area contributed by atoms with Gasteiger partial charge in [0.25, 0.3) is 0 Å². The molecule has 1 aromatic rings. The summed E-state index contributed by atoms with van der Waals surface area (Å²) in [6.45, 7) is 6.99. The number of carbonyl (C=O) groups excluding carboxylic acids is 1. The van der Waals surface area contributed by atoms with E-state index >= 15 is 0 Å². The minimum Gasteiger partial charge on any atom is -0.383 e. The van der Waals surface area contributed by atoms with Crippen LogP contribution in [0, 0.1) is 13.8 Å². The van der Waals surface area contributed by atoms with E-state index in [0.29, 0.717) is 19.6 Å². The highest BCUT2D eigenvalue weighted by atomic mass is 16.5. The molecule has 0 unspecified atom stereocenters. The third-order valence-electron chi connectivity index (χ3n) is 2.96. The zero-order valence-electron chi connectivity index (χ0n) is 12.1. The highest BCUT2D eigenvalue weighted by Crippen LogP contribution is 2.11. The van der Waals surface area contributed by atoms with Gasteiger partial charge in [0.1, 0.15) is 0 Å². The molecule has 0 bridgehead atoms. The van der Waals surface area contributed by atoms with E-state index in [9.17, 15) is 4.79 Å². The molecule has 0 aromatic heterocycles. The Balaban J connectivity index is 2.25. The van der Waals surface area contributed by atoms with Crippen molar-refractivity contribution < 1.29 is 9.53 Å². The predicted molar refractivity (Wildman–Crippen MR) is 77.4 cm³/mol. The lowest BCUT2D eigenvalue weighted by molar-refractivity contribution is -0.120. The van der Waals surface area contributed by atoms with Crippen molar-refractivity contribution in [2.24, 2.45) is 0 Å². The lowest BCUT2D eigenvalue weighted by atomic mass is 10.0. The number of methoxy groups -OCH3 is 1. The Morgan fingerprint density at radius 2 is 2.00 bits per heavy atom. The second-order valence-electron chi connectivity index (χ2n) is 4.70. The van der Waals surface area contributed by atoms with Crippen molar-refractivity contribution in [1.82, 2.24) is 10.6 Å². The summed E-state index contributed by atoms with van der Waals surface area (Å²) in [5.74, 6) is 0.0715. The average Bonchev–Trinajstić information content (AvgIpc) is 2.38. The molecule has 1 amide bonds. The summed E-state index contributed by atoms with van der Waals surface area (Å²) in [6, 6.07) is 6.20. The smallest absolute Gasteiger partial charge is 0.224 e. The number of benzene rings is 1. The van der Waals surface area contributed by atoms with Crippen LogP contribution in [0.2, 0.25) is 0 Å². The van der Waals surface area contributed by atoms with Gasteiger partial charge in [-0.15, -0.1) is 0 Å². The fourth-order valence-corrected chi connectivity index (χ4v) is 1.82. The van der Waals surface area contributed by atoms with E-state index in [1.807, 2.05) is 13.8 Å². The van der Waals surface area contributed by atoms with E-state index in [-0.39, 0.29) is 5.91 Å². The minimum atomic E-state index is 0.0715. The lowest BCUT2D eigenvalue weighted by Crippen LogP contribution is -2.33. The molecule has 19 heavy (non-hydrogen) atoms. The molecule has 0 aliphatic heterocycles. The molecule has 0 atom stereocenters. The van der Waals surface area contributed by atoms with Crippen molar-refractivity contribution in [2.75, 3.05) is 33.4 Å². The van der Waals surface area contributed by atoms with Crippen LogP contribution in [-0.4, -0.2) is 39.3 Å². The summed E-state index contributed by atoms with van der Waals surface area (Å²) in [5, 5.41) is 6.10. The van der Waals surface area contributed by atoms with E-state index in [1.165, 1.54) is 11.1 Å². The zero-order valence-corrected chi connectivity index (χ0v) is 12.1. The normalized spacial score (nSPS) is 10.5. The molecule has 0 saturated heterocycles. The van der Waals surface area contributed by atoms with Gasteiger partial charge in [0, 0.05) is 26.7 Å². The van der Waals surface area contributed by atoms with Crippen LogP contribution in [0.3, 0.4) is 0 Å². The summed E-state index contributed by atoms with van der Waals surface area (Å²) >= 11 is 0. The first-order valence-electron chi connectivity index (χ1n) is 6.66. The minimum absolute atomic E-state index is 0.0715. The van der Waals surface area contributed by atoms with Gasteiger partial charge in [-0.05, 0) is 25.0 Å². The molecule has 2 N–H and O–H groups in total.